The van der Waals surface area contributed by atoms with Crippen LogP contribution < -0.4 is 0 Å². The Morgan fingerprint density at radius 3 is 2.00 bits per heavy atom. The van der Waals surface area contributed by atoms with Gasteiger partial charge in [0.15, 0.2) is 5.78 Å². The summed E-state index contributed by atoms with van der Waals surface area (Å²) >= 11 is 0. The molecule has 21 heavy (non-hydrogen) atoms. The van der Waals surface area contributed by atoms with Gasteiger partial charge in [0.25, 0.3) is 0 Å². The highest BCUT2D eigenvalue weighted by Crippen LogP contribution is 2.33. The average Bonchev–Trinajstić information content (AvgIpc) is 3.30. The van der Waals surface area contributed by atoms with E-state index in [4.69, 9.17) is 0 Å². The summed E-state index contributed by atoms with van der Waals surface area (Å²) in [5.74, 6) is 0.0401. The molecule has 2 fully saturated rings. The van der Waals surface area contributed by atoms with Crippen molar-refractivity contribution in [2.45, 2.75) is 32.1 Å². The summed E-state index contributed by atoms with van der Waals surface area (Å²) in [7, 11) is 0. The summed E-state index contributed by atoms with van der Waals surface area (Å²) in [6, 6.07) is 3.04. The molecule has 0 amide bonds. The quantitative estimate of drug-likeness (QED) is 0.682. The van der Waals surface area contributed by atoms with Crippen LogP contribution in [0.3, 0.4) is 0 Å². The maximum Gasteiger partial charge on any atom is 0.164 e. The monoisotopic (exact) mass is 293 g/mol. The van der Waals surface area contributed by atoms with E-state index >= 15 is 0 Å². The van der Waals surface area contributed by atoms with Gasteiger partial charge in [0.2, 0.25) is 0 Å². The molecule has 114 valence electrons. The molecular weight excluding hydrogens is 272 g/mol. The molecule has 0 aliphatic heterocycles. The van der Waals surface area contributed by atoms with Crippen molar-refractivity contribution in [2.75, 3.05) is 19.6 Å². The van der Waals surface area contributed by atoms with Gasteiger partial charge in [-0.05, 0) is 49.7 Å². The summed E-state index contributed by atoms with van der Waals surface area (Å²) in [6.07, 6.45) is 5.52. The molecule has 0 saturated heterocycles. The molecule has 2 saturated carbocycles. The van der Waals surface area contributed by atoms with E-state index in [1.807, 2.05) is 0 Å². The van der Waals surface area contributed by atoms with Gasteiger partial charge < -0.3 is 4.90 Å². The maximum atomic E-state index is 13.1. The Balaban J connectivity index is 1.54. The molecule has 0 bridgehead atoms. The summed E-state index contributed by atoms with van der Waals surface area (Å²) in [6.45, 7) is 2.84. The van der Waals surface area contributed by atoms with Crippen molar-refractivity contribution in [3.05, 3.63) is 35.4 Å². The lowest BCUT2D eigenvalue weighted by Crippen LogP contribution is -2.30. The van der Waals surface area contributed by atoms with Crippen LogP contribution in [-0.2, 0) is 0 Å². The zero-order valence-electron chi connectivity index (χ0n) is 12.2. The van der Waals surface area contributed by atoms with Gasteiger partial charge in [-0.15, -0.1) is 0 Å². The fourth-order valence-corrected chi connectivity index (χ4v) is 2.71. The second-order valence-electron chi connectivity index (χ2n) is 6.48. The lowest BCUT2D eigenvalue weighted by atomic mass is 10.1. The first kappa shape index (κ1) is 14.6. The lowest BCUT2D eigenvalue weighted by Gasteiger charge is -2.21. The van der Waals surface area contributed by atoms with Crippen LogP contribution in [0.2, 0.25) is 0 Å². The second kappa shape index (κ2) is 6.22. The molecule has 3 rings (SSSR count). The molecule has 0 spiro atoms. The minimum absolute atomic E-state index is 0.144. The standard InChI is InChI=1S/C17H21F2NO/c18-15-7-14(8-16(19)9-15)17(21)5-6-20(10-12-1-2-12)11-13-3-4-13/h7-9,12-13H,1-6,10-11H2. The highest BCUT2D eigenvalue weighted by molar-refractivity contribution is 5.96. The molecule has 0 unspecified atom stereocenters. The highest BCUT2D eigenvalue weighted by atomic mass is 19.1. The van der Waals surface area contributed by atoms with Gasteiger partial charge in [0, 0.05) is 37.7 Å². The van der Waals surface area contributed by atoms with E-state index in [2.05, 4.69) is 4.90 Å². The van der Waals surface area contributed by atoms with Crippen LogP contribution in [-0.4, -0.2) is 30.3 Å². The predicted molar refractivity (Wildman–Crippen MR) is 77.2 cm³/mol. The van der Waals surface area contributed by atoms with E-state index in [1.54, 1.807) is 0 Å². The number of hydrogen-bond donors (Lipinski definition) is 0. The van der Waals surface area contributed by atoms with Crippen molar-refractivity contribution in [3.63, 3.8) is 0 Å². The van der Waals surface area contributed by atoms with Gasteiger partial charge in [-0.3, -0.25) is 4.79 Å². The van der Waals surface area contributed by atoms with Crippen molar-refractivity contribution < 1.29 is 13.6 Å². The SMILES string of the molecule is O=C(CCN(CC1CC1)CC1CC1)c1cc(F)cc(F)c1. The van der Waals surface area contributed by atoms with Crippen LogP contribution in [0, 0.1) is 23.5 Å². The first-order valence-electron chi connectivity index (χ1n) is 7.82. The second-order valence-corrected chi connectivity index (χ2v) is 6.48. The van der Waals surface area contributed by atoms with Crippen molar-refractivity contribution in [1.82, 2.24) is 4.90 Å². The van der Waals surface area contributed by atoms with E-state index in [0.29, 0.717) is 13.0 Å². The Morgan fingerprint density at radius 1 is 1.00 bits per heavy atom. The van der Waals surface area contributed by atoms with Gasteiger partial charge in [-0.1, -0.05) is 0 Å². The normalized spacial score (nSPS) is 18.2. The average molecular weight is 293 g/mol. The third-order valence-electron chi connectivity index (χ3n) is 4.27. The number of carbonyl (C=O) groups excluding carboxylic acids is 1. The van der Waals surface area contributed by atoms with Gasteiger partial charge >= 0.3 is 0 Å². The van der Waals surface area contributed by atoms with Crippen molar-refractivity contribution in [2.24, 2.45) is 11.8 Å². The topological polar surface area (TPSA) is 20.3 Å². The number of benzene rings is 1. The predicted octanol–water partition coefficient (Wildman–Crippen LogP) is 3.66. The Kier molecular flexibility index (Phi) is 4.34. The first-order chi connectivity index (χ1) is 10.1. The van der Waals surface area contributed by atoms with Crippen LogP contribution in [0.25, 0.3) is 0 Å². The Hall–Kier alpha value is -1.29. The zero-order chi connectivity index (χ0) is 14.8. The van der Waals surface area contributed by atoms with Crippen LogP contribution in [0.15, 0.2) is 18.2 Å². The van der Waals surface area contributed by atoms with Crippen LogP contribution in [0.4, 0.5) is 8.78 Å². The smallest absolute Gasteiger partial charge is 0.164 e. The largest absolute Gasteiger partial charge is 0.302 e. The van der Waals surface area contributed by atoms with Crippen molar-refractivity contribution in [1.29, 1.82) is 0 Å². The fourth-order valence-electron chi connectivity index (χ4n) is 2.71. The summed E-state index contributed by atoms with van der Waals surface area (Å²) < 4.78 is 26.3. The Morgan fingerprint density at radius 2 is 1.52 bits per heavy atom. The number of halogens is 2. The molecule has 1 aromatic carbocycles. The molecule has 2 aliphatic carbocycles. The van der Waals surface area contributed by atoms with Crippen LogP contribution in [0.5, 0.6) is 0 Å². The number of carbonyl (C=O) groups is 1. The maximum absolute atomic E-state index is 13.1. The van der Waals surface area contributed by atoms with E-state index in [-0.39, 0.29) is 11.3 Å². The van der Waals surface area contributed by atoms with E-state index in [0.717, 1.165) is 43.1 Å². The Bertz CT molecular complexity index is 489. The first-order valence-corrected chi connectivity index (χ1v) is 7.82. The van der Waals surface area contributed by atoms with E-state index < -0.39 is 11.6 Å². The molecule has 2 nitrogen and oxygen atoms in total. The highest BCUT2D eigenvalue weighted by Gasteiger charge is 2.29. The number of Topliss-reactive ketones (excluding diaryl/α,β-unsaturated/α-hetero) is 1. The third-order valence-corrected chi connectivity index (χ3v) is 4.27. The summed E-state index contributed by atoms with van der Waals surface area (Å²) in [5.41, 5.74) is 0.144. The van der Waals surface area contributed by atoms with Crippen molar-refractivity contribution in [3.8, 4) is 0 Å². The summed E-state index contributed by atoms with van der Waals surface area (Å²) in [4.78, 5) is 14.5. The minimum atomic E-state index is -0.689. The lowest BCUT2D eigenvalue weighted by molar-refractivity contribution is 0.0960. The molecule has 0 N–H and O–H groups in total. The molecule has 2 aliphatic rings. The van der Waals surface area contributed by atoms with Crippen molar-refractivity contribution >= 4 is 5.78 Å². The Labute approximate surface area is 124 Å². The van der Waals surface area contributed by atoms with Crippen LogP contribution >= 0.6 is 0 Å². The minimum Gasteiger partial charge on any atom is -0.302 e. The van der Waals surface area contributed by atoms with Gasteiger partial charge in [-0.25, -0.2) is 8.78 Å². The van der Waals surface area contributed by atoms with Crippen LogP contribution in [0.1, 0.15) is 42.5 Å². The van der Waals surface area contributed by atoms with Gasteiger partial charge in [-0.2, -0.15) is 0 Å². The van der Waals surface area contributed by atoms with E-state index in [9.17, 15) is 13.6 Å². The molecular formula is C17H21F2NO. The number of hydrogen-bond acceptors (Lipinski definition) is 2. The number of rotatable bonds is 8. The van der Waals surface area contributed by atoms with E-state index in [1.165, 1.54) is 25.7 Å². The fraction of sp³-hybridized carbons (Fsp3) is 0.588. The third kappa shape index (κ3) is 4.60. The van der Waals surface area contributed by atoms with Gasteiger partial charge in [0.1, 0.15) is 11.6 Å². The molecule has 0 aromatic heterocycles. The zero-order valence-corrected chi connectivity index (χ0v) is 12.2. The molecule has 0 radical (unpaired) electrons. The molecule has 0 heterocycles. The summed E-state index contributed by atoms with van der Waals surface area (Å²) in [5, 5.41) is 0. The van der Waals surface area contributed by atoms with Gasteiger partial charge in [0.05, 0.1) is 0 Å². The molecule has 4 heteroatoms. The number of nitrogens with zero attached hydrogens (tertiary/aromatic N) is 1. The molecule has 1 aromatic rings. The molecule has 0 atom stereocenters. The number of ketones is 1.